The van der Waals surface area contributed by atoms with Crippen molar-refractivity contribution in [2.45, 2.75) is 24.1 Å². The predicted octanol–water partition coefficient (Wildman–Crippen LogP) is 4.09. The Morgan fingerprint density at radius 2 is 1.59 bits per heavy atom. The molecule has 0 radical (unpaired) electrons. The third-order valence-electron chi connectivity index (χ3n) is 6.71. The number of aromatic nitrogens is 1. The van der Waals surface area contributed by atoms with E-state index in [1.165, 1.54) is 6.92 Å². The van der Waals surface area contributed by atoms with Crippen molar-refractivity contribution in [1.29, 1.82) is 0 Å². The Kier molecular flexibility index (Phi) is 7.72. The summed E-state index contributed by atoms with van der Waals surface area (Å²) in [5.74, 6) is -0.0665. The first kappa shape index (κ1) is 26.5. The number of rotatable bonds is 7. The van der Waals surface area contributed by atoms with Crippen LogP contribution in [0.5, 0.6) is 5.75 Å². The van der Waals surface area contributed by atoms with Crippen molar-refractivity contribution in [3.63, 3.8) is 0 Å². The molecule has 4 aromatic rings. The van der Waals surface area contributed by atoms with Crippen LogP contribution >= 0.6 is 0 Å². The Morgan fingerprint density at radius 3 is 2.33 bits per heavy atom. The molecule has 0 saturated carbocycles. The number of nitrogens with zero attached hydrogens (tertiary/aromatic N) is 3. The molecule has 0 N–H and O–H groups in total. The maximum atomic E-state index is 13.2. The number of carbonyl (C=O) groups excluding carboxylic acids is 2. The molecule has 0 atom stereocenters. The molecule has 200 valence electrons. The third-order valence-corrected chi connectivity index (χ3v) is 8.43. The van der Waals surface area contributed by atoms with E-state index in [-0.39, 0.29) is 22.5 Å². The summed E-state index contributed by atoms with van der Waals surface area (Å²) in [7, 11) is -3.62. The number of ether oxygens (including phenoxy) is 1. The molecule has 8 nitrogen and oxygen atoms in total. The smallest absolute Gasteiger partial charge is 0.308 e. The van der Waals surface area contributed by atoms with Gasteiger partial charge in [0, 0.05) is 56.8 Å². The first-order valence-electron chi connectivity index (χ1n) is 12.7. The van der Waals surface area contributed by atoms with Gasteiger partial charge in [0.2, 0.25) is 0 Å². The summed E-state index contributed by atoms with van der Waals surface area (Å²) in [6.07, 6.45) is 1.59. The summed E-state index contributed by atoms with van der Waals surface area (Å²) in [5.41, 5.74) is 2.65. The van der Waals surface area contributed by atoms with Crippen molar-refractivity contribution < 1.29 is 22.7 Å². The molecule has 0 bridgehead atoms. The van der Waals surface area contributed by atoms with Crippen molar-refractivity contribution >= 4 is 32.6 Å². The highest BCUT2D eigenvalue weighted by molar-refractivity contribution is 7.90. The Balaban J connectivity index is 1.18. The fraction of sp³-hybridized carbons (Fsp3) is 0.233. The number of piperazine rings is 1. The van der Waals surface area contributed by atoms with E-state index in [9.17, 15) is 18.0 Å². The van der Waals surface area contributed by atoms with E-state index >= 15 is 0 Å². The van der Waals surface area contributed by atoms with E-state index in [1.54, 1.807) is 54.7 Å². The number of fused-ring (bicyclic) bond motifs is 1. The lowest BCUT2D eigenvalue weighted by Gasteiger charge is -2.34. The molecule has 9 heteroatoms. The predicted molar refractivity (Wildman–Crippen MR) is 148 cm³/mol. The van der Waals surface area contributed by atoms with E-state index in [0.717, 1.165) is 24.0 Å². The maximum absolute atomic E-state index is 13.2. The van der Waals surface area contributed by atoms with Crippen LogP contribution < -0.4 is 4.74 Å². The van der Waals surface area contributed by atoms with E-state index in [2.05, 4.69) is 9.88 Å². The molecular formula is C30H29N3O5S. The number of benzene rings is 3. The second kappa shape index (κ2) is 11.3. The third kappa shape index (κ3) is 6.32. The van der Waals surface area contributed by atoms with Gasteiger partial charge < -0.3 is 9.64 Å². The van der Waals surface area contributed by atoms with Crippen molar-refractivity contribution in [2.24, 2.45) is 0 Å². The lowest BCUT2D eigenvalue weighted by molar-refractivity contribution is -0.131. The van der Waals surface area contributed by atoms with E-state index in [4.69, 9.17) is 4.74 Å². The van der Waals surface area contributed by atoms with Gasteiger partial charge >= 0.3 is 5.97 Å². The molecule has 1 fully saturated rings. The molecule has 1 aliphatic heterocycles. The standard InChI is InChI=1S/C30H29N3O5S/c1-22(34)38-27-8-2-5-24(19-27)20-32-15-17-33(18-16-32)30(35)26-12-10-23(11-13-26)21-39(36,37)28-9-3-6-25-7-4-14-31-29(25)28/h2-14,19H,15-18,20-21H2,1H3. The molecule has 1 amide bonds. The van der Waals surface area contributed by atoms with Gasteiger partial charge in [0.1, 0.15) is 5.75 Å². The minimum atomic E-state index is -3.62. The Morgan fingerprint density at radius 1 is 0.872 bits per heavy atom. The number of hydrogen-bond acceptors (Lipinski definition) is 7. The van der Waals surface area contributed by atoms with Crippen molar-refractivity contribution in [1.82, 2.24) is 14.8 Å². The fourth-order valence-corrected chi connectivity index (χ4v) is 6.33. The number of hydrogen-bond donors (Lipinski definition) is 0. The summed E-state index contributed by atoms with van der Waals surface area (Å²) in [4.78, 5) is 32.9. The molecule has 39 heavy (non-hydrogen) atoms. The summed E-state index contributed by atoms with van der Waals surface area (Å²) in [6, 6.07) is 23.0. The van der Waals surface area contributed by atoms with Gasteiger partial charge in [-0.25, -0.2) is 8.42 Å². The zero-order valence-electron chi connectivity index (χ0n) is 21.6. The molecule has 0 aliphatic carbocycles. The van der Waals surface area contributed by atoms with Crippen LogP contribution in [0.2, 0.25) is 0 Å². The van der Waals surface area contributed by atoms with E-state index < -0.39 is 9.84 Å². The summed E-state index contributed by atoms with van der Waals surface area (Å²) in [5, 5.41) is 0.773. The quantitative estimate of drug-likeness (QED) is 0.256. The Labute approximate surface area is 227 Å². The zero-order valence-corrected chi connectivity index (χ0v) is 22.4. The highest BCUT2D eigenvalue weighted by atomic mass is 32.2. The van der Waals surface area contributed by atoms with Crippen molar-refractivity contribution in [2.75, 3.05) is 26.2 Å². The minimum absolute atomic E-state index is 0.0702. The van der Waals surface area contributed by atoms with Gasteiger partial charge in [-0.3, -0.25) is 19.5 Å². The normalized spacial score (nSPS) is 14.3. The van der Waals surface area contributed by atoms with Gasteiger partial charge in [0.15, 0.2) is 9.84 Å². The van der Waals surface area contributed by atoms with Crippen LogP contribution in [0, 0.1) is 0 Å². The van der Waals surface area contributed by atoms with E-state index in [0.29, 0.717) is 42.0 Å². The molecule has 1 aliphatic rings. The summed E-state index contributed by atoms with van der Waals surface area (Å²) in [6.45, 7) is 4.70. The number of pyridine rings is 1. The maximum Gasteiger partial charge on any atom is 0.308 e. The highest BCUT2D eigenvalue weighted by Crippen LogP contribution is 2.24. The largest absolute Gasteiger partial charge is 0.427 e. The zero-order chi connectivity index (χ0) is 27.4. The topological polar surface area (TPSA) is 96.9 Å². The molecule has 3 aromatic carbocycles. The van der Waals surface area contributed by atoms with E-state index in [1.807, 2.05) is 35.2 Å². The van der Waals surface area contributed by atoms with Crippen LogP contribution in [0.25, 0.3) is 10.9 Å². The van der Waals surface area contributed by atoms with Crippen LogP contribution in [-0.4, -0.2) is 61.3 Å². The summed E-state index contributed by atoms with van der Waals surface area (Å²) < 4.78 is 31.5. The van der Waals surface area contributed by atoms with Gasteiger partial charge in [-0.15, -0.1) is 0 Å². The molecule has 2 heterocycles. The number of para-hydroxylation sites is 1. The van der Waals surface area contributed by atoms with Gasteiger partial charge in [0.25, 0.3) is 5.91 Å². The molecule has 0 unspecified atom stereocenters. The SMILES string of the molecule is CC(=O)Oc1cccc(CN2CCN(C(=O)c3ccc(CS(=O)(=O)c4cccc5cccnc45)cc3)CC2)c1. The average Bonchev–Trinajstić information content (AvgIpc) is 2.93. The number of amides is 1. The van der Waals surface area contributed by atoms with Gasteiger partial charge in [-0.05, 0) is 47.5 Å². The highest BCUT2D eigenvalue weighted by Gasteiger charge is 2.23. The second-order valence-corrected chi connectivity index (χ2v) is 11.6. The van der Waals surface area contributed by atoms with Crippen molar-refractivity contribution in [3.8, 4) is 5.75 Å². The first-order valence-corrected chi connectivity index (χ1v) is 14.4. The fourth-order valence-electron chi connectivity index (χ4n) is 4.79. The van der Waals surface area contributed by atoms with Crippen LogP contribution in [0.15, 0.2) is 90.0 Å². The van der Waals surface area contributed by atoms with Crippen LogP contribution in [-0.2, 0) is 26.9 Å². The number of sulfone groups is 1. The minimum Gasteiger partial charge on any atom is -0.427 e. The number of esters is 1. The first-order chi connectivity index (χ1) is 18.8. The van der Waals surface area contributed by atoms with Gasteiger partial charge in [0.05, 0.1) is 16.2 Å². The second-order valence-electron chi connectivity index (χ2n) is 9.60. The molecule has 1 saturated heterocycles. The van der Waals surface area contributed by atoms with Gasteiger partial charge in [-0.2, -0.15) is 0 Å². The lowest BCUT2D eigenvalue weighted by atomic mass is 10.1. The van der Waals surface area contributed by atoms with Gasteiger partial charge in [-0.1, -0.05) is 42.5 Å². The van der Waals surface area contributed by atoms with Crippen LogP contribution in [0.3, 0.4) is 0 Å². The Hall–Kier alpha value is -4.08. The van der Waals surface area contributed by atoms with Crippen LogP contribution in [0.1, 0.15) is 28.4 Å². The molecule has 0 spiro atoms. The molecule has 5 rings (SSSR count). The average molecular weight is 544 g/mol. The monoisotopic (exact) mass is 543 g/mol. The summed E-state index contributed by atoms with van der Waals surface area (Å²) >= 11 is 0. The lowest BCUT2D eigenvalue weighted by Crippen LogP contribution is -2.48. The Bertz CT molecular complexity index is 1610. The van der Waals surface area contributed by atoms with Crippen molar-refractivity contribution in [3.05, 3.63) is 102 Å². The molecular weight excluding hydrogens is 514 g/mol. The molecule has 1 aromatic heterocycles. The van der Waals surface area contributed by atoms with Crippen LogP contribution in [0.4, 0.5) is 0 Å². The number of carbonyl (C=O) groups is 2.